The minimum atomic E-state index is -0.505. The SMILES string of the molecule is C=CC(=O)OCCCCOC(=O)c1ccc(OC(=O)C2CCC(C3CCC(CC)OC3)CC2)c(OC)c1. The fourth-order valence-electron chi connectivity index (χ4n) is 5.10. The first-order valence-electron chi connectivity index (χ1n) is 13.4. The van der Waals surface area contributed by atoms with Crippen LogP contribution in [0.3, 0.4) is 0 Å². The molecule has 2 aliphatic rings. The maximum Gasteiger partial charge on any atom is 0.338 e. The van der Waals surface area contributed by atoms with Crippen molar-refractivity contribution < 1.29 is 38.1 Å². The summed E-state index contributed by atoms with van der Waals surface area (Å²) in [5, 5.41) is 0. The summed E-state index contributed by atoms with van der Waals surface area (Å²) < 4.78 is 27.2. The van der Waals surface area contributed by atoms with Gasteiger partial charge in [0.15, 0.2) is 11.5 Å². The average Bonchev–Trinajstić information content (AvgIpc) is 2.94. The Morgan fingerprint density at radius 3 is 2.30 bits per heavy atom. The van der Waals surface area contributed by atoms with Crippen LogP contribution in [0.25, 0.3) is 0 Å². The number of esters is 3. The van der Waals surface area contributed by atoms with E-state index in [1.807, 2.05) is 0 Å². The maximum absolute atomic E-state index is 12.9. The molecular weight excluding hydrogens is 476 g/mol. The van der Waals surface area contributed by atoms with Gasteiger partial charge in [-0.15, -0.1) is 0 Å². The van der Waals surface area contributed by atoms with Crippen LogP contribution in [0.1, 0.15) is 75.1 Å². The molecule has 8 nitrogen and oxygen atoms in total. The van der Waals surface area contributed by atoms with Crippen LogP contribution in [0.2, 0.25) is 0 Å². The highest BCUT2D eigenvalue weighted by molar-refractivity contribution is 5.90. The molecule has 204 valence electrons. The van der Waals surface area contributed by atoms with Crippen molar-refractivity contribution in [1.82, 2.24) is 0 Å². The average molecular weight is 517 g/mol. The van der Waals surface area contributed by atoms with Crippen LogP contribution in [0, 0.1) is 17.8 Å². The molecule has 8 heteroatoms. The molecule has 0 aromatic heterocycles. The van der Waals surface area contributed by atoms with Gasteiger partial charge < -0.3 is 23.7 Å². The van der Waals surface area contributed by atoms with Gasteiger partial charge in [-0.25, -0.2) is 9.59 Å². The Morgan fingerprint density at radius 1 is 0.973 bits per heavy atom. The molecule has 0 N–H and O–H groups in total. The monoisotopic (exact) mass is 516 g/mol. The smallest absolute Gasteiger partial charge is 0.338 e. The van der Waals surface area contributed by atoms with E-state index in [-0.39, 0.29) is 25.1 Å². The van der Waals surface area contributed by atoms with Crippen LogP contribution < -0.4 is 9.47 Å². The van der Waals surface area contributed by atoms with E-state index in [2.05, 4.69) is 13.5 Å². The van der Waals surface area contributed by atoms with Crippen LogP contribution in [0.15, 0.2) is 30.9 Å². The van der Waals surface area contributed by atoms with Crippen LogP contribution in [-0.2, 0) is 23.8 Å². The molecule has 3 rings (SSSR count). The Hall–Kier alpha value is -2.87. The Morgan fingerprint density at radius 2 is 1.68 bits per heavy atom. The van der Waals surface area contributed by atoms with Crippen molar-refractivity contribution in [3.8, 4) is 11.5 Å². The highest BCUT2D eigenvalue weighted by atomic mass is 16.6. The van der Waals surface area contributed by atoms with Crippen molar-refractivity contribution in [1.29, 1.82) is 0 Å². The van der Waals surface area contributed by atoms with Crippen molar-refractivity contribution in [2.24, 2.45) is 17.8 Å². The van der Waals surface area contributed by atoms with Crippen molar-refractivity contribution >= 4 is 17.9 Å². The van der Waals surface area contributed by atoms with E-state index in [0.717, 1.165) is 51.2 Å². The number of benzene rings is 1. The summed E-state index contributed by atoms with van der Waals surface area (Å²) in [5.41, 5.74) is 0.301. The summed E-state index contributed by atoms with van der Waals surface area (Å²) in [6.07, 6.45) is 9.74. The predicted octanol–water partition coefficient (Wildman–Crippen LogP) is 5.28. The second-order valence-electron chi connectivity index (χ2n) is 9.81. The van der Waals surface area contributed by atoms with Crippen molar-refractivity contribution in [2.45, 2.75) is 70.8 Å². The van der Waals surface area contributed by atoms with Crippen molar-refractivity contribution in [2.75, 3.05) is 26.9 Å². The summed E-state index contributed by atoms with van der Waals surface area (Å²) in [4.78, 5) is 36.3. The van der Waals surface area contributed by atoms with E-state index in [0.29, 0.717) is 47.8 Å². The van der Waals surface area contributed by atoms with Gasteiger partial charge in [-0.2, -0.15) is 0 Å². The number of ether oxygens (including phenoxy) is 5. The van der Waals surface area contributed by atoms with Crippen LogP contribution in [0.5, 0.6) is 11.5 Å². The van der Waals surface area contributed by atoms with E-state index in [9.17, 15) is 14.4 Å². The van der Waals surface area contributed by atoms with E-state index < -0.39 is 11.9 Å². The summed E-state index contributed by atoms with van der Waals surface area (Å²) in [6, 6.07) is 4.64. The van der Waals surface area contributed by atoms with Crippen LogP contribution >= 0.6 is 0 Å². The number of hydrogen-bond donors (Lipinski definition) is 0. The molecule has 0 bridgehead atoms. The first kappa shape index (κ1) is 28.7. The number of hydrogen-bond acceptors (Lipinski definition) is 8. The minimum Gasteiger partial charge on any atom is -0.493 e. The number of rotatable bonds is 12. The predicted molar refractivity (Wildman–Crippen MR) is 138 cm³/mol. The molecule has 2 fully saturated rings. The third-order valence-electron chi connectivity index (χ3n) is 7.43. The molecule has 1 aliphatic heterocycles. The van der Waals surface area contributed by atoms with Crippen molar-refractivity contribution in [3.63, 3.8) is 0 Å². The largest absolute Gasteiger partial charge is 0.493 e. The fourth-order valence-corrected chi connectivity index (χ4v) is 5.10. The second kappa shape index (κ2) is 14.8. The van der Waals surface area contributed by atoms with E-state index >= 15 is 0 Å². The minimum absolute atomic E-state index is 0.135. The molecule has 37 heavy (non-hydrogen) atoms. The summed E-state index contributed by atoms with van der Waals surface area (Å²) in [5.74, 6) is 0.441. The van der Waals surface area contributed by atoms with Gasteiger partial charge in [0, 0.05) is 6.08 Å². The molecule has 1 aliphatic carbocycles. The normalized spacial score (nSPS) is 23.5. The van der Waals surface area contributed by atoms with Gasteiger partial charge in [-0.1, -0.05) is 13.5 Å². The quantitative estimate of drug-likeness (QED) is 0.160. The third kappa shape index (κ3) is 8.59. The topological polar surface area (TPSA) is 97.4 Å². The highest BCUT2D eigenvalue weighted by Crippen LogP contribution is 2.39. The van der Waals surface area contributed by atoms with Crippen LogP contribution in [0.4, 0.5) is 0 Å². The van der Waals surface area contributed by atoms with E-state index in [4.69, 9.17) is 23.7 Å². The molecule has 0 radical (unpaired) electrons. The molecule has 0 amide bonds. The lowest BCUT2D eigenvalue weighted by Crippen LogP contribution is -2.34. The molecule has 2 unspecified atom stereocenters. The van der Waals surface area contributed by atoms with Gasteiger partial charge in [0.1, 0.15) is 0 Å². The lowest BCUT2D eigenvalue weighted by atomic mass is 9.74. The second-order valence-corrected chi connectivity index (χ2v) is 9.81. The lowest BCUT2D eigenvalue weighted by Gasteiger charge is -2.37. The Labute approximate surface area is 219 Å². The third-order valence-corrected chi connectivity index (χ3v) is 7.43. The van der Waals surface area contributed by atoms with Gasteiger partial charge in [0.2, 0.25) is 0 Å². The Kier molecular flexibility index (Phi) is 11.5. The van der Waals surface area contributed by atoms with Gasteiger partial charge in [-0.05, 0) is 87.8 Å². The Balaban J connectivity index is 1.43. The number of carbonyl (C=O) groups is 3. The first-order chi connectivity index (χ1) is 17.9. The molecule has 1 saturated carbocycles. The number of unbranched alkanes of at least 4 members (excludes halogenated alkanes) is 1. The van der Waals surface area contributed by atoms with Crippen LogP contribution in [-0.4, -0.2) is 50.9 Å². The molecule has 1 heterocycles. The molecule has 1 aromatic rings. The zero-order valence-electron chi connectivity index (χ0n) is 22.1. The van der Waals surface area contributed by atoms with Gasteiger partial charge >= 0.3 is 17.9 Å². The van der Waals surface area contributed by atoms with E-state index in [1.54, 1.807) is 12.1 Å². The summed E-state index contributed by atoms with van der Waals surface area (Å²) >= 11 is 0. The molecular formula is C29H40O8. The molecule has 1 aromatic carbocycles. The first-order valence-corrected chi connectivity index (χ1v) is 13.4. The lowest BCUT2D eigenvalue weighted by molar-refractivity contribution is -0.141. The highest BCUT2D eigenvalue weighted by Gasteiger charge is 2.34. The molecule has 1 saturated heterocycles. The van der Waals surface area contributed by atoms with Gasteiger partial charge in [0.05, 0.1) is 44.5 Å². The van der Waals surface area contributed by atoms with Gasteiger partial charge in [-0.3, -0.25) is 4.79 Å². The van der Waals surface area contributed by atoms with Crippen molar-refractivity contribution in [3.05, 3.63) is 36.4 Å². The number of carbonyl (C=O) groups excluding carboxylic acids is 3. The zero-order valence-corrected chi connectivity index (χ0v) is 22.1. The molecule has 0 spiro atoms. The summed E-state index contributed by atoms with van der Waals surface area (Å²) in [7, 11) is 1.47. The summed E-state index contributed by atoms with van der Waals surface area (Å²) in [6.45, 7) is 6.78. The number of methoxy groups -OCH3 is 1. The maximum atomic E-state index is 12.9. The zero-order chi connectivity index (χ0) is 26.6. The molecule has 2 atom stereocenters. The fraction of sp³-hybridized carbons (Fsp3) is 0.621. The van der Waals surface area contributed by atoms with E-state index in [1.165, 1.54) is 19.6 Å². The Bertz CT molecular complexity index is 910. The van der Waals surface area contributed by atoms with Gasteiger partial charge in [0.25, 0.3) is 0 Å². The standard InChI is InChI=1S/C29H40O8/c1-4-24-14-12-23(19-36-24)20-8-10-21(11-9-20)29(32)37-25-15-13-22(18-26(25)33-3)28(31)35-17-7-6-16-34-27(30)5-2/h5,13,15,18,20-21,23-24H,2,4,6-12,14,16-17,19H2,1,3H3.